The molecule has 0 spiro atoms. The number of carbonyl (C=O) groups excluding carboxylic acids is 2. The van der Waals surface area contributed by atoms with Crippen LogP contribution in [0.4, 0.5) is 4.79 Å². The number of esters is 1. The van der Waals surface area contributed by atoms with Crippen molar-refractivity contribution in [2.75, 3.05) is 33.1 Å². The van der Waals surface area contributed by atoms with Gasteiger partial charge in [0.15, 0.2) is 0 Å². The molecule has 140 valence electrons. The highest BCUT2D eigenvalue weighted by Gasteiger charge is 2.17. The van der Waals surface area contributed by atoms with Gasteiger partial charge < -0.3 is 14.4 Å². The van der Waals surface area contributed by atoms with Gasteiger partial charge >= 0.3 is 12.1 Å². The normalized spacial score (nSPS) is 11.0. The average molecular weight is 373 g/mol. The summed E-state index contributed by atoms with van der Waals surface area (Å²) < 4.78 is 36.3. The Balaban J connectivity index is 2.52. The van der Waals surface area contributed by atoms with Gasteiger partial charge in [-0.25, -0.2) is 4.79 Å². The number of benzene rings is 1. The summed E-state index contributed by atoms with van der Waals surface area (Å²) in [7, 11) is -2.26. The van der Waals surface area contributed by atoms with Crippen molar-refractivity contribution in [1.29, 1.82) is 0 Å². The number of rotatable bonds is 10. The van der Waals surface area contributed by atoms with Crippen LogP contribution >= 0.6 is 0 Å². The van der Waals surface area contributed by atoms with E-state index in [-0.39, 0.29) is 39.1 Å². The lowest BCUT2D eigenvalue weighted by Crippen LogP contribution is -2.35. The van der Waals surface area contributed by atoms with Crippen molar-refractivity contribution in [2.45, 2.75) is 19.4 Å². The maximum atomic E-state index is 12.2. The number of carbonyl (C=O) groups is 2. The molecule has 1 rings (SSSR count). The summed E-state index contributed by atoms with van der Waals surface area (Å²) in [6.07, 6.45) is 0.668. The molecule has 0 N–H and O–H groups in total. The van der Waals surface area contributed by atoms with E-state index < -0.39 is 22.2 Å². The summed E-state index contributed by atoms with van der Waals surface area (Å²) in [4.78, 5) is 24.8. The standard InChI is InChI=1S/C16H23NO7S/c1-22-15(18)9-11-17(10-6-12-24-25(2,20)21)16(19)23-13-14-7-4-3-5-8-14/h3-5,7-8H,6,9-13H2,1-2H3. The molecule has 9 heteroatoms. The molecule has 0 atom stereocenters. The number of hydrogen-bond acceptors (Lipinski definition) is 7. The topological polar surface area (TPSA) is 99.2 Å². The minimum atomic E-state index is -3.53. The average Bonchev–Trinajstić information content (AvgIpc) is 2.58. The predicted octanol–water partition coefficient (Wildman–Crippen LogP) is 1.55. The lowest BCUT2D eigenvalue weighted by molar-refractivity contribution is -0.140. The fraction of sp³-hybridized carbons (Fsp3) is 0.500. The second kappa shape index (κ2) is 10.7. The van der Waals surface area contributed by atoms with E-state index in [1.165, 1.54) is 12.0 Å². The largest absolute Gasteiger partial charge is 0.469 e. The second-order valence-electron chi connectivity index (χ2n) is 5.23. The maximum Gasteiger partial charge on any atom is 0.410 e. The first kappa shape index (κ1) is 20.9. The summed E-state index contributed by atoms with van der Waals surface area (Å²) in [5.41, 5.74) is 0.837. The van der Waals surface area contributed by atoms with Gasteiger partial charge in [-0.05, 0) is 12.0 Å². The van der Waals surface area contributed by atoms with Gasteiger partial charge in [-0.15, -0.1) is 0 Å². The van der Waals surface area contributed by atoms with Crippen molar-refractivity contribution in [1.82, 2.24) is 4.90 Å². The lowest BCUT2D eigenvalue weighted by Gasteiger charge is -2.21. The quantitative estimate of drug-likeness (QED) is 0.348. The Bertz CT molecular complexity index is 646. The van der Waals surface area contributed by atoms with Crippen LogP contribution in [0.5, 0.6) is 0 Å². The van der Waals surface area contributed by atoms with E-state index in [4.69, 9.17) is 4.74 Å². The Labute approximate surface area is 147 Å². The summed E-state index contributed by atoms with van der Waals surface area (Å²) in [5, 5.41) is 0. The molecule has 0 saturated carbocycles. The highest BCUT2D eigenvalue weighted by Crippen LogP contribution is 2.05. The highest BCUT2D eigenvalue weighted by molar-refractivity contribution is 7.85. The van der Waals surface area contributed by atoms with E-state index in [0.29, 0.717) is 0 Å². The smallest absolute Gasteiger partial charge is 0.410 e. The molecule has 1 aromatic carbocycles. The second-order valence-corrected chi connectivity index (χ2v) is 6.88. The first-order valence-corrected chi connectivity index (χ1v) is 9.50. The van der Waals surface area contributed by atoms with E-state index in [1.54, 1.807) is 0 Å². The number of hydrogen-bond donors (Lipinski definition) is 0. The van der Waals surface area contributed by atoms with Crippen molar-refractivity contribution >= 4 is 22.2 Å². The van der Waals surface area contributed by atoms with Gasteiger partial charge in [-0.2, -0.15) is 8.42 Å². The number of nitrogens with zero attached hydrogens (tertiary/aromatic N) is 1. The van der Waals surface area contributed by atoms with E-state index in [1.807, 2.05) is 30.3 Å². The molecule has 0 heterocycles. The molecule has 0 bridgehead atoms. The zero-order valence-electron chi connectivity index (χ0n) is 14.3. The Morgan fingerprint density at radius 3 is 2.40 bits per heavy atom. The molecule has 0 radical (unpaired) electrons. The van der Waals surface area contributed by atoms with Crippen LogP contribution in [0.15, 0.2) is 30.3 Å². The minimum absolute atomic E-state index is 0.0177. The Kier molecular flexibility index (Phi) is 8.93. The van der Waals surface area contributed by atoms with Crippen LogP contribution in [0.2, 0.25) is 0 Å². The van der Waals surface area contributed by atoms with Crippen LogP contribution < -0.4 is 0 Å². The van der Waals surface area contributed by atoms with Crippen LogP contribution in [0, 0.1) is 0 Å². The Hall–Kier alpha value is -2.13. The number of amides is 1. The molecule has 0 aliphatic rings. The van der Waals surface area contributed by atoms with Crippen LogP contribution in [0.25, 0.3) is 0 Å². The number of methoxy groups -OCH3 is 1. The molecular formula is C16H23NO7S. The molecule has 25 heavy (non-hydrogen) atoms. The third kappa shape index (κ3) is 9.68. The van der Waals surface area contributed by atoms with Crippen LogP contribution in [0.1, 0.15) is 18.4 Å². The lowest BCUT2D eigenvalue weighted by atomic mass is 10.2. The fourth-order valence-corrected chi connectivity index (χ4v) is 2.32. The molecule has 1 aromatic rings. The van der Waals surface area contributed by atoms with Crippen LogP contribution in [-0.2, 0) is 35.2 Å². The fourth-order valence-electron chi connectivity index (χ4n) is 1.90. The van der Waals surface area contributed by atoms with Crippen LogP contribution in [-0.4, -0.2) is 58.4 Å². The molecule has 1 amide bonds. The van der Waals surface area contributed by atoms with Crippen molar-refractivity contribution in [3.63, 3.8) is 0 Å². The van der Waals surface area contributed by atoms with Gasteiger partial charge in [-0.3, -0.25) is 8.98 Å². The Morgan fingerprint density at radius 1 is 1.12 bits per heavy atom. The van der Waals surface area contributed by atoms with E-state index in [0.717, 1.165) is 11.8 Å². The summed E-state index contributed by atoms with van der Waals surface area (Å²) in [6, 6.07) is 9.18. The molecule has 0 unspecified atom stereocenters. The van der Waals surface area contributed by atoms with Crippen LogP contribution in [0.3, 0.4) is 0 Å². The van der Waals surface area contributed by atoms with Crippen molar-refractivity contribution in [3.8, 4) is 0 Å². The third-order valence-electron chi connectivity index (χ3n) is 3.15. The van der Waals surface area contributed by atoms with E-state index in [9.17, 15) is 18.0 Å². The Morgan fingerprint density at radius 2 is 1.80 bits per heavy atom. The molecule has 0 saturated heterocycles. The van der Waals surface area contributed by atoms with E-state index >= 15 is 0 Å². The van der Waals surface area contributed by atoms with Crippen molar-refractivity contribution in [3.05, 3.63) is 35.9 Å². The zero-order chi connectivity index (χ0) is 18.7. The van der Waals surface area contributed by atoms with Gasteiger partial charge in [0.25, 0.3) is 10.1 Å². The maximum absolute atomic E-state index is 12.2. The molecule has 0 aliphatic carbocycles. The summed E-state index contributed by atoms with van der Waals surface area (Å²) in [6.45, 7) is 0.354. The van der Waals surface area contributed by atoms with E-state index in [2.05, 4.69) is 8.92 Å². The number of ether oxygens (including phenoxy) is 2. The van der Waals surface area contributed by atoms with Crippen molar-refractivity contribution < 1.29 is 31.7 Å². The monoisotopic (exact) mass is 373 g/mol. The molecular weight excluding hydrogens is 350 g/mol. The first-order chi connectivity index (χ1) is 11.8. The van der Waals surface area contributed by atoms with Gasteiger partial charge in [0.05, 0.1) is 26.4 Å². The SMILES string of the molecule is COC(=O)CCN(CCCOS(C)(=O)=O)C(=O)OCc1ccccc1. The summed E-state index contributed by atoms with van der Waals surface area (Å²) >= 11 is 0. The summed E-state index contributed by atoms with van der Waals surface area (Å²) in [5.74, 6) is -0.451. The predicted molar refractivity (Wildman–Crippen MR) is 90.2 cm³/mol. The molecule has 0 aliphatic heterocycles. The molecule has 8 nitrogen and oxygen atoms in total. The zero-order valence-corrected chi connectivity index (χ0v) is 15.2. The highest BCUT2D eigenvalue weighted by atomic mass is 32.2. The first-order valence-electron chi connectivity index (χ1n) is 7.68. The molecule has 0 aromatic heterocycles. The van der Waals surface area contributed by atoms with Crippen molar-refractivity contribution in [2.24, 2.45) is 0 Å². The minimum Gasteiger partial charge on any atom is -0.469 e. The van der Waals surface area contributed by atoms with Gasteiger partial charge in [0.2, 0.25) is 0 Å². The van der Waals surface area contributed by atoms with Gasteiger partial charge in [-0.1, -0.05) is 30.3 Å². The van der Waals surface area contributed by atoms with Gasteiger partial charge in [0, 0.05) is 13.1 Å². The third-order valence-corrected chi connectivity index (χ3v) is 3.74. The van der Waals surface area contributed by atoms with Gasteiger partial charge in [0.1, 0.15) is 6.61 Å². The molecule has 0 fully saturated rings.